The number of carbonyl (C=O) groups is 2. The van der Waals surface area contributed by atoms with Gasteiger partial charge in [0.2, 0.25) is 10.0 Å². The molecule has 0 bridgehead atoms. The summed E-state index contributed by atoms with van der Waals surface area (Å²) >= 11 is 0.818. The highest BCUT2D eigenvalue weighted by molar-refractivity contribution is 7.89. The van der Waals surface area contributed by atoms with Gasteiger partial charge in [-0.25, -0.2) is 17.2 Å². The highest BCUT2D eigenvalue weighted by Crippen LogP contribution is 2.27. The molecule has 0 spiro atoms. The quantitative estimate of drug-likeness (QED) is 0.493. The van der Waals surface area contributed by atoms with Gasteiger partial charge >= 0.3 is 5.97 Å². The average molecular weight is 510 g/mol. The number of rotatable bonds is 5. The highest BCUT2D eigenvalue weighted by Gasteiger charge is 2.39. The number of sulfonamides is 1. The Bertz CT molecular complexity index is 1450. The van der Waals surface area contributed by atoms with Crippen LogP contribution in [0.15, 0.2) is 46.3 Å². The number of nitrogens with zero attached hydrogens (tertiary/aromatic N) is 3. The molecule has 0 N–H and O–H groups in total. The van der Waals surface area contributed by atoms with Gasteiger partial charge in [0.05, 0.1) is 22.2 Å². The summed E-state index contributed by atoms with van der Waals surface area (Å²) in [6.45, 7) is 1.53. The fourth-order valence-electron chi connectivity index (χ4n) is 3.84. The largest absolute Gasteiger partial charge is 0.468 e. The molecule has 1 unspecified atom stereocenters. The van der Waals surface area contributed by atoms with E-state index in [1.54, 1.807) is 12.1 Å². The minimum Gasteiger partial charge on any atom is -0.468 e. The Morgan fingerprint density at radius 3 is 2.59 bits per heavy atom. The zero-order valence-electron chi connectivity index (χ0n) is 18.3. The fraction of sp³-hybridized carbons (Fsp3) is 0.318. The maximum atomic E-state index is 14.5. The Hall–Kier alpha value is -2.96. The van der Waals surface area contributed by atoms with E-state index in [9.17, 15) is 26.8 Å². The van der Waals surface area contributed by atoms with E-state index >= 15 is 0 Å². The zero-order valence-corrected chi connectivity index (χ0v) is 20.0. The first kappa shape index (κ1) is 24.2. The molecule has 1 fully saturated rings. The Balaban J connectivity index is 1.76. The molecule has 0 saturated carbocycles. The summed E-state index contributed by atoms with van der Waals surface area (Å²) in [5.74, 6) is -3.21. The molecule has 1 aliphatic rings. The maximum absolute atomic E-state index is 14.5. The smallest absolute Gasteiger partial charge is 0.325 e. The number of ether oxygens (including phenoxy) is 1. The van der Waals surface area contributed by atoms with E-state index in [0.717, 1.165) is 38.9 Å². The lowest BCUT2D eigenvalue weighted by Crippen LogP contribution is -2.40. The average Bonchev–Trinajstić information content (AvgIpc) is 3.40. The summed E-state index contributed by atoms with van der Waals surface area (Å²) < 4.78 is 61.6. The Kier molecular flexibility index (Phi) is 6.65. The molecule has 2 heterocycles. The van der Waals surface area contributed by atoms with Crippen LogP contribution >= 0.6 is 11.3 Å². The van der Waals surface area contributed by atoms with E-state index in [0.29, 0.717) is 12.5 Å². The van der Waals surface area contributed by atoms with Crippen molar-refractivity contribution in [1.29, 1.82) is 0 Å². The van der Waals surface area contributed by atoms with Gasteiger partial charge in [-0.1, -0.05) is 29.0 Å². The molecule has 8 nitrogen and oxygen atoms in total. The standard InChI is InChI=1S/C22H21F2N3O5S2/c1-13-5-7-15(8-6-13)34(30,31)27-9-3-4-17(27)21(29)25-22-26(12-19(28)32-2)20-16(24)10-14(23)11-18(20)33-22/h5-8,10-11,17H,3-4,9,12H2,1-2H3. The summed E-state index contributed by atoms with van der Waals surface area (Å²) in [6, 6.07) is 7.00. The van der Waals surface area contributed by atoms with Gasteiger partial charge in [-0.15, -0.1) is 0 Å². The molecule has 1 aromatic heterocycles. The molecule has 3 aromatic rings. The highest BCUT2D eigenvalue weighted by atomic mass is 32.2. The first-order valence-corrected chi connectivity index (χ1v) is 12.6. The summed E-state index contributed by atoms with van der Waals surface area (Å²) in [5.41, 5.74) is 0.797. The van der Waals surface area contributed by atoms with Gasteiger partial charge in [0.1, 0.15) is 18.4 Å². The molecule has 1 amide bonds. The lowest BCUT2D eigenvalue weighted by atomic mass is 10.2. The molecular weight excluding hydrogens is 488 g/mol. The number of esters is 1. The van der Waals surface area contributed by atoms with Crippen molar-refractivity contribution in [1.82, 2.24) is 8.87 Å². The first-order valence-electron chi connectivity index (χ1n) is 10.3. The van der Waals surface area contributed by atoms with Crippen LogP contribution in [0.3, 0.4) is 0 Å². The Morgan fingerprint density at radius 2 is 1.91 bits per heavy atom. The number of carbonyl (C=O) groups excluding carboxylic acids is 2. The van der Waals surface area contributed by atoms with Gasteiger partial charge in [0.25, 0.3) is 5.91 Å². The number of aryl methyl sites for hydroxylation is 1. The number of hydrogen-bond acceptors (Lipinski definition) is 6. The molecule has 2 aromatic carbocycles. The van der Waals surface area contributed by atoms with E-state index in [-0.39, 0.29) is 32.9 Å². The number of amides is 1. The second kappa shape index (κ2) is 9.35. The van der Waals surface area contributed by atoms with Gasteiger partial charge in [-0.2, -0.15) is 9.30 Å². The topological polar surface area (TPSA) is 98.0 Å². The third kappa shape index (κ3) is 4.52. The van der Waals surface area contributed by atoms with E-state index < -0.39 is 46.1 Å². The van der Waals surface area contributed by atoms with E-state index in [4.69, 9.17) is 0 Å². The lowest BCUT2D eigenvalue weighted by Gasteiger charge is -2.21. The number of halogens is 2. The Morgan fingerprint density at radius 1 is 1.21 bits per heavy atom. The summed E-state index contributed by atoms with van der Waals surface area (Å²) in [4.78, 5) is 29.1. The zero-order chi connectivity index (χ0) is 24.6. The summed E-state index contributed by atoms with van der Waals surface area (Å²) in [6.07, 6.45) is 0.726. The molecule has 0 aliphatic carbocycles. The number of hydrogen-bond donors (Lipinski definition) is 0. The van der Waals surface area contributed by atoms with Crippen molar-refractivity contribution in [2.24, 2.45) is 4.99 Å². The van der Waals surface area contributed by atoms with E-state index in [2.05, 4.69) is 9.73 Å². The van der Waals surface area contributed by atoms with Crippen molar-refractivity contribution in [2.75, 3.05) is 13.7 Å². The third-order valence-electron chi connectivity index (χ3n) is 5.53. The van der Waals surface area contributed by atoms with Crippen LogP contribution in [0.1, 0.15) is 18.4 Å². The van der Waals surface area contributed by atoms with Crippen molar-refractivity contribution in [2.45, 2.75) is 37.2 Å². The molecule has 34 heavy (non-hydrogen) atoms. The molecule has 180 valence electrons. The molecule has 1 saturated heterocycles. The third-order valence-corrected chi connectivity index (χ3v) is 8.48. The van der Waals surface area contributed by atoms with Crippen molar-refractivity contribution >= 4 is 43.5 Å². The van der Waals surface area contributed by atoms with Crippen molar-refractivity contribution in [3.05, 3.63) is 58.4 Å². The fourth-order valence-corrected chi connectivity index (χ4v) is 6.57. The second-order valence-corrected chi connectivity index (χ2v) is 10.7. The van der Waals surface area contributed by atoms with Crippen LogP contribution in [-0.2, 0) is 30.9 Å². The van der Waals surface area contributed by atoms with Gasteiger partial charge in [-0.05, 0) is 38.0 Å². The molecular formula is C22H21F2N3O5S2. The van der Waals surface area contributed by atoms with Gasteiger partial charge in [-0.3, -0.25) is 9.59 Å². The van der Waals surface area contributed by atoms with Crippen LogP contribution in [0.2, 0.25) is 0 Å². The Labute approximate surface area is 198 Å². The van der Waals surface area contributed by atoms with Gasteiger partial charge in [0, 0.05) is 12.6 Å². The van der Waals surface area contributed by atoms with Crippen LogP contribution in [0.5, 0.6) is 0 Å². The number of aromatic nitrogens is 1. The predicted octanol–water partition coefficient (Wildman–Crippen LogP) is 2.74. The van der Waals surface area contributed by atoms with Crippen LogP contribution in [0.25, 0.3) is 10.2 Å². The van der Waals surface area contributed by atoms with Crippen molar-refractivity contribution in [3.63, 3.8) is 0 Å². The molecule has 4 rings (SSSR count). The lowest BCUT2D eigenvalue weighted by molar-refractivity contribution is -0.141. The van der Waals surface area contributed by atoms with Gasteiger partial charge in [0.15, 0.2) is 10.6 Å². The van der Waals surface area contributed by atoms with Crippen LogP contribution in [0, 0.1) is 18.6 Å². The maximum Gasteiger partial charge on any atom is 0.325 e. The van der Waals surface area contributed by atoms with Crippen molar-refractivity contribution in [3.8, 4) is 0 Å². The van der Waals surface area contributed by atoms with Crippen LogP contribution in [-0.4, -0.2) is 48.9 Å². The number of methoxy groups -OCH3 is 1. The summed E-state index contributed by atoms with van der Waals surface area (Å²) in [7, 11) is -2.79. The molecule has 1 atom stereocenters. The van der Waals surface area contributed by atoms with E-state index in [1.165, 1.54) is 12.1 Å². The summed E-state index contributed by atoms with van der Waals surface area (Å²) in [5, 5.41) is 0. The van der Waals surface area contributed by atoms with Crippen LogP contribution < -0.4 is 4.80 Å². The molecule has 1 aliphatic heterocycles. The monoisotopic (exact) mass is 509 g/mol. The van der Waals surface area contributed by atoms with Crippen molar-refractivity contribution < 1.29 is 31.5 Å². The second-order valence-electron chi connectivity index (χ2n) is 7.82. The van der Waals surface area contributed by atoms with Gasteiger partial charge < -0.3 is 9.30 Å². The molecule has 12 heteroatoms. The van der Waals surface area contributed by atoms with E-state index in [1.807, 2.05) is 6.92 Å². The predicted molar refractivity (Wildman–Crippen MR) is 120 cm³/mol. The number of benzene rings is 2. The number of thiazole rings is 1. The minimum absolute atomic E-state index is 0.0607. The first-order chi connectivity index (χ1) is 16.1. The SMILES string of the molecule is COC(=O)Cn1c(=NC(=O)C2CCCN2S(=O)(=O)c2ccc(C)cc2)sc2cc(F)cc(F)c21. The minimum atomic E-state index is -3.95. The number of fused-ring (bicyclic) bond motifs is 1. The van der Waals surface area contributed by atoms with Crippen LogP contribution in [0.4, 0.5) is 8.78 Å². The normalized spacial score (nSPS) is 17.4. The molecule has 0 radical (unpaired) electrons.